The first-order valence-corrected chi connectivity index (χ1v) is 3.13. The zero-order chi connectivity index (χ0) is 6.85. The van der Waals surface area contributed by atoms with Gasteiger partial charge in [0.05, 0.1) is 0 Å². The number of nitrogens with zero attached hydrogens (tertiary/aromatic N) is 1. The minimum atomic E-state index is 0.0995. The molecule has 1 aliphatic heterocycles. The zero-order valence-electron chi connectivity index (χ0n) is 5.48. The maximum absolute atomic E-state index is 10.8. The molecule has 0 aromatic rings. The van der Waals surface area contributed by atoms with Gasteiger partial charge in [0.15, 0.2) is 0 Å². The Balaban J connectivity index is 2.66. The van der Waals surface area contributed by atoms with E-state index in [4.69, 9.17) is 5.41 Å². The number of amides is 1. The molecular weight excluding hydrogens is 116 g/mol. The van der Waals surface area contributed by atoms with Crippen molar-refractivity contribution in [2.24, 2.45) is 0 Å². The van der Waals surface area contributed by atoms with E-state index in [-0.39, 0.29) is 5.91 Å². The van der Waals surface area contributed by atoms with Crippen LogP contribution in [0, 0.1) is 5.41 Å². The third-order valence-corrected chi connectivity index (χ3v) is 1.52. The quantitative estimate of drug-likeness (QED) is 0.549. The summed E-state index contributed by atoms with van der Waals surface area (Å²) in [5, 5.41) is 7.24. The summed E-state index contributed by atoms with van der Waals surface area (Å²) in [5.41, 5.74) is 0. The molecule has 3 heteroatoms. The molecular formula is C6H10N2O. The molecule has 0 aromatic heterocycles. The first-order chi connectivity index (χ1) is 4.25. The smallest absolute Gasteiger partial charge is 0.228 e. The number of likely N-dealkylation sites (tertiary alicyclic amines) is 1. The maximum Gasteiger partial charge on any atom is 0.228 e. The molecule has 3 nitrogen and oxygen atoms in total. The van der Waals surface area contributed by atoms with Crippen LogP contribution in [0.3, 0.4) is 0 Å². The van der Waals surface area contributed by atoms with Crippen molar-refractivity contribution in [2.45, 2.75) is 19.8 Å². The van der Waals surface area contributed by atoms with Gasteiger partial charge in [-0.1, -0.05) is 0 Å². The first kappa shape index (κ1) is 6.26. The van der Waals surface area contributed by atoms with E-state index in [1.54, 1.807) is 0 Å². The molecule has 0 spiro atoms. The third kappa shape index (κ3) is 0.943. The lowest BCUT2D eigenvalue weighted by Gasteiger charge is -2.10. The molecule has 1 rings (SSSR count). The topological polar surface area (TPSA) is 44.2 Å². The van der Waals surface area contributed by atoms with E-state index < -0.39 is 0 Å². The summed E-state index contributed by atoms with van der Waals surface area (Å²) in [6.07, 6.45) is 1.17. The Morgan fingerprint density at radius 2 is 2.33 bits per heavy atom. The second-order valence-corrected chi connectivity index (χ2v) is 2.08. The lowest BCUT2D eigenvalue weighted by Crippen LogP contribution is -2.27. The number of hydrogen-bond acceptors (Lipinski definition) is 2. The van der Waals surface area contributed by atoms with Crippen LogP contribution < -0.4 is 0 Å². The fraction of sp³-hybridized carbons (Fsp3) is 0.667. The van der Waals surface area contributed by atoms with E-state index >= 15 is 0 Å². The fourth-order valence-corrected chi connectivity index (χ4v) is 1.01. The lowest BCUT2D eigenvalue weighted by molar-refractivity contribution is -0.125. The number of rotatable bonds is 1. The van der Waals surface area contributed by atoms with Gasteiger partial charge in [0, 0.05) is 19.4 Å². The summed E-state index contributed by atoms with van der Waals surface area (Å²) in [6.45, 7) is 2.54. The van der Waals surface area contributed by atoms with E-state index in [1.807, 2.05) is 6.92 Å². The van der Waals surface area contributed by atoms with Gasteiger partial charge in [-0.25, -0.2) is 0 Å². The highest BCUT2D eigenvalue weighted by molar-refractivity contribution is 6.03. The largest absolute Gasteiger partial charge is 0.301 e. The van der Waals surface area contributed by atoms with Gasteiger partial charge in [-0.3, -0.25) is 10.2 Å². The molecule has 9 heavy (non-hydrogen) atoms. The molecule has 0 radical (unpaired) electrons. The molecule has 1 aliphatic rings. The van der Waals surface area contributed by atoms with Crippen LogP contribution in [-0.2, 0) is 4.79 Å². The van der Waals surface area contributed by atoms with Crippen LogP contribution in [0.25, 0.3) is 0 Å². The predicted octanol–water partition coefficient (Wildman–Crippen LogP) is 0.606. The number of hydrogen-bond donors (Lipinski definition) is 1. The van der Waals surface area contributed by atoms with Crippen molar-refractivity contribution in [3.05, 3.63) is 0 Å². The van der Waals surface area contributed by atoms with Crippen molar-refractivity contribution in [1.29, 1.82) is 5.41 Å². The second kappa shape index (κ2) is 2.17. The van der Waals surface area contributed by atoms with Gasteiger partial charge in [-0.2, -0.15) is 0 Å². The SMILES string of the molecule is CCN1C(=N)CCC1=O. The highest BCUT2D eigenvalue weighted by Gasteiger charge is 2.23. The molecule has 0 aromatic carbocycles. The van der Waals surface area contributed by atoms with Crippen LogP contribution in [0.1, 0.15) is 19.8 Å². The van der Waals surface area contributed by atoms with E-state index in [1.165, 1.54) is 4.90 Å². The van der Waals surface area contributed by atoms with Crippen molar-refractivity contribution in [1.82, 2.24) is 4.90 Å². The number of carbonyl (C=O) groups is 1. The maximum atomic E-state index is 10.8. The zero-order valence-corrected chi connectivity index (χ0v) is 5.48. The van der Waals surface area contributed by atoms with Gasteiger partial charge >= 0.3 is 0 Å². The van der Waals surface area contributed by atoms with Crippen molar-refractivity contribution < 1.29 is 4.79 Å². The van der Waals surface area contributed by atoms with E-state index in [0.29, 0.717) is 25.2 Å². The van der Waals surface area contributed by atoms with Gasteiger partial charge < -0.3 is 4.90 Å². The Kier molecular flexibility index (Phi) is 1.51. The van der Waals surface area contributed by atoms with Crippen LogP contribution in [-0.4, -0.2) is 23.2 Å². The Labute approximate surface area is 54.2 Å². The highest BCUT2D eigenvalue weighted by atomic mass is 16.2. The summed E-state index contributed by atoms with van der Waals surface area (Å²) in [7, 11) is 0. The van der Waals surface area contributed by atoms with Crippen molar-refractivity contribution in [3.63, 3.8) is 0 Å². The van der Waals surface area contributed by atoms with Crippen LogP contribution in [0.2, 0.25) is 0 Å². The summed E-state index contributed by atoms with van der Waals surface area (Å²) < 4.78 is 0. The minimum absolute atomic E-state index is 0.0995. The number of nitrogens with one attached hydrogen (secondary N) is 1. The van der Waals surface area contributed by atoms with E-state index in [9.17, 15) is 4.79 Å². The van der Waals surface area contributed by atoms with E-state index in [2.05, 4.69) is 0 Å². The van der Waals surface area contributed by atoms with Crippen LogP contribution in [0.4, 0.5) is 0 Å². The molecule has 1 N–H and O–H groups in total. The van der Waals surface area contributed by atoms with Crippen molar-refractivity contribution >= 4 is 11.7 Å². The molecule has 0 atom stereocenters. The van der Waals surface area contributed by atoms with Gasteiger partial charge in [0.1, 0.15) is 5.84 Å². The Morgan fingerprint density at radius 1 is 1.67 bits per heavy atom. The summed E-state index contributed by atoms with van der Waals surface area (Å²) in [5.74, 6) is 0.574. The minimum Gasteiger partial charge on any atom is -0.301 e. The third-order valence-electron chi connectivity index (χ3n) is 1.52. The monoisotopic (exact) mass is 126 g/mol. The van der Waals surface area contributed by atoms with Crippen LogP contribution >= 0.6 is 0 Å². The molecule has 1 heterocycles. The molecule has 0 bridgehead atoms. The summed E-state index contributed by atoms with van der Waals surface area (Å²) in [6, 6.07) is 0. The van der Waals surface area contributed by atoms with E-state index in [0.717, 1.165) is 0 Å². The van der Waals surface area contributed by atoms with Gasteiger partial charge in [0.25, 0.3) is 0 Å². The van der Waals surface area contributed by atoms with Gasteiger partial charge in [-0.15, -0.1) is 0 Å². The molecule has 0 aliphatic carbocycles. The molecule has 1 saturated heterocycles. The average molecular weight is 126 g/mol. The van der Waals surface area contributed by atoms with Gasteiger partial charge in [-0.05, 0) is 6.92 Å². The summed E-state index contributed by atoms with van der Waals surface area (Å²) in [4.78, 5) is 12.3. The predicted molar refractivity (Wildman–Crippen MR) is 34.3 cm³/mol. The molecule has 0 unspecified atom stereocenters. The van der Waals surface area contributed by atoms with Crippen molar-refractivity contribution in [2.75, 3.05) is 6.54 Å². The summed E-state index contributed by atoms with van der Waals surface area (Å²) >= 11 is 0. The molecule has 1 fully saturated rings. The molecule has 50 valence electrons. The van der Waals surface area contributed by atoms with Gasteiger partial charge in [0.2, 0.25) is 5.91 Å². The van der Waals surface area contributed by atoms with Crippen LogP contribution in [0.5, 0.6) is 0 Å². The molecule has 0 saturated carbocycles. The number of carbonyl (C=O) groups excluding carboxylic acids is 1. The highest BCUT2D eigenvalue weighted by Crippen LogP contribution is 2.10. The fourth-order valence-electron chi connectivity index (χ4n) is 1.01. The first-order valence-electron chi connectivity index (χ1n) is 3.13. The Bertz CT molecular complexity index is 137. The Morgan fingerprint density at radius 3 is 2.56 bits per heavy atom. The van der Waals surface area contributed by atoms with Crippen molar-refractivity contribution in [3.8, 4) is 0 Å². The lowest BCUT2D eigenvalue weighted by atomic mass is 10.4. The standard InChI is InChI=1S/C6H10N2O/c1-2-8-5(7)3-4-6(8)9/h7H,2-4H2,1H3. The Hall–Kier alpha value is -0.860. The van der Waals surface area contributed by atoms with Crippen LogP contribution in [0.15, 0.2) is 0 Å². The average Bonchev–Trinajstić information content (AvgIpc) is 2.12. The normalized spacial score (nSPS) is 19.4. The number of amidine groups is 1. The molecule has 1 amide bonds. The second-order valence-electron chi connectivity index (χ2n) is 2.08.